The summed E-state index contributed by atoms with van der Waals surface area (Å²) >= 11 is 0. The summed E-state index contributed by atoms with van der Waals surface area (Å²) < 4.78 is 5.55. The number of morpholine rings is 1. The Morgan fingerprint density at radius 2 is 2.10 bits per heavy atom. The predicted molar refractivity (Wildman–Crippen MR) is 116 cm³/mol. The van der Waals surface area contributed by atoms with E-state index in [1.54, 1.807) is 17.2 Å². The minimum Gasteiger partial charge on any atom is -0.393 e. The molecule has 31 heavy (non-hydrogen) atoms. The molecule has 1 saturated heterocycles. The van der Waals surface area contributed by atoms with Gasteiger partial charge in [0.1, 0.15) is 6.61 Å². The quantitative estimate of drug-likeness (QED) is 0.637. The molecule has 1 unspecified atom stereocenters. The molecule has 2 heterocycles. The highest BCUT2D eigenvalue weighted by atomic mass is 16.5. The number of benzene rings is 1. The summed E-state index contributed by atoms with van der Waals surface area (Å²) in [6, 6.07) is 5.65. The van der Waals surface area contributed by atoms with E-state index in [1.807, 2.05) is 19.1 Å². The van der Waals surface area contributed by atoms with E-state index in [2.05, 4.69) is 20.6 Å². The lowest BCUT2D eigenvalue weighted by Gasteiger charge is -2.32. The Labute approximate surface area is 181 Å². The number of nitrogens with one attached hydrogen (secondary N) is 2. The number of anilines is 1. The SMILES string of the molecule is CCN1CC(CNC(=O)c2cccc3cnc(NC4CCC(O)CC4)nc23)OCC1=O. The van der Waals surface area contributed by atoms with Gasteiger partial charge in [-0.25, -0.2) is 9.97 Å². The summed E-state index contributed by atoms with van der Waals surface area (Å²) in [5.41, 5.74) is 1.06. The van der Waals surface area contributed by atoms with Gasteiger partial charge in [0.15, 0.2) is 0 Å². The molecule has 3 N–H and O–H groups in total. The van der Waals surface area contributed by atoms with Crippen molar-refractivity contribution in [3.63, 3.8) is 0 Å². The number of carbonyl (C=O) groups is 2. The van der Waals surface area contributed by atoms with Crippen LogP contribution < -0.4 is 10.6 Å². The van der Waals surface area contributed by atoms with Crippen LogP contribution in [0.3, 0.4) is 0 Å². The van der Waals surface area contributed by atoms with E-state index < -0.39 is 0 Å². The third-order valence-electron chi connectivity index (χ3n) is 5.98. The molecule has 1 aromatic heterocycles. The van der Waals surface area contributed by atoms with Crippen molar-refractivity contribution in [2.24, 2.45) is 0 Å². The first kappa shape index (κ1) is 21.5. The number of fused-ring (bicyclic) bond motifs is 1. The van der Waals surface area contributed by atoms with Crippen LogP contribution >= 0.6 is 0 Å². The van der Waals surface area contributed by atoms with E-state index in [1.165, 1.54) is 0 Å². The summed E-state index contributed by atoms with van der Waals surface area (Å²) in [6.07, 6.45) is 4.53. The maximum Gasteiger partial charge on any atom is 0.253 e. The lowest BCUT2D eigenvalue weighted by atomic mass is 9.93. The van der Waals surface area contributed by atoms with Gasteiger partial charge in [-0.1, -0.05) is 12.1 Å². The van der Waals surface area contributed by atoms with Crippen molar-refractivity contribution in [1.29, 1.82) is 0 Å². The molecule has 2 amide bonds. The standard InChI is InChI=1S/C22H29N5O4/c1-2-27-12-17(31-13-19(27)29)11-23-21(30)18-5-3-4-14-10-24-22(26-20(14)18)25-15-6-8-16(28)9-7-15/h3-5,10,15-17,28H,2,6-9,11-13H2,1H3,(H,23,30)(H,24,25,26). The molecule has 0 spiro atoms. The van der Waals surface area contributed by atoms with Gasteiger partial charge in [-0.15, -0.1) is 0 Å². The summed E-state index contributed by atoms with van der Waals surface area (Å²) in [4.78, 5) is 35.4. The van der Waals surface area contributed by atoms with Crippen molar-refractivity contribution < 1.29 is 19.4 Å². The molecule has 1 aromatic carbocycles. The molecule has 2 aromatic rings. The maximum atomic E-state index is 12.9. The summed E-state index contributed by atoms with van der Waals surface area (Å²) in [5.74, 6) is 0.227. The second kappa shape index (κ2) is 9.57. The van der Waals surface area contributed by atoms with Gasteiger partial charge in [0.05, 0.1) is 23.3 Å². The summed E-state index contributed by atoms with van der Waals surface area (Å²) in [6.45, 7) is 3.39. The Kier molecular flexibility index (Phi) is 6.62. The van der Waals surface area contributed by atoms with Gasteiger partial charge in [0.25, 0.3) is 5.91 Å². The van der Waals surface area contributed by atoms with E-state index in [0.29, 0.717) is 36.7 Å². The lowest BCUT2D eigenvalue weighted by molar-refractivity contribution is -0.148. The van der Waals surface area contributed by atoms with E-state index in [9.17, 15) is 14.7 Å². The van der Waals surface area contributed by atoms with Crippen LogP contribution in [-0.2, 0) is 9.53 Å². The number of aliphatic hydroxyl groups excluding tert-OH is 1. The fraction of sp³-hybridized carbons (Fsp3) is 0.545. The molecule has 1 atom stereocenters. The van der Waals surface area contributed by atoms with E-state index >= 15 is 0 Å². The molecule has 166 valence electrons. The number of likely N-dealkylation sites (N-methyl/N-ethyl adjacent to an activating group) is 1. The van der Waals surface area contributed by atoms with Crippen molar-refractivity contribution in [2.45, 2.75) is 50.9 Å². The predicted octanol–water partition coefficient (Wildman–Crippen LogP) is 1.32. The van der Waals surface area contributed by atoms with Crippen LogP contribution in [0.2, 0.25) is 0 Å². The minimum absolute atomic E-state index is 0.0247. The first-order valence-electron chi connectivity index (χ1n) is 10.9. The summed E-state index contributed by atoms with van der Waals surface area (Å²) in [7, 11) is 0. The number of para-hydroxylation sites is 1. The topological polar surface area (TPSA) is 117 Å². The number of nitrogens with zero attached hydrogens (tertiary/aromatic N) is 3. The zero-order chi connectivity index (χ0) is 21.8. The molecule has 9 heteroatoms. The Morgan fingerprint density at radius 1 is 1.29 bits per heavy atom. The number of aliphatic hydroxyl groups is 1. The second-order valence-electron chi connectivity index (χ2n) is 8.16. The molecular weight excluding hydrogens is 398 g/mol. The van der Waals surface area contributed by atoms with Gasteiger partial charge in [-0.2, -0.15) is 0 Å². The Bertz CT molecular complexity index is 945. The number of amides is 2. The molecule has 1 aliphatic heterocycles. The highest BCUT2D eigenvalue weighted by molar-refractivity contribution is 6.05. The Morgan fingerprint density at radius 3 is 2.87 bits per heavy atom. The second-order valence-corrected chi connectivity index (χ2v) is 8.16. The van der Waals surface area contributed by atoms with E-state index in [4.69, 9.17) is 4.74 Å². The molecule has 0 bridgehead atoms. The van der Waals surface area contributed by atoms with Gasteiger partial charge in [0.2, 0.25) is 11.9 Å². The van der Waals surface area contributed by atoms with Crippen LogP contribution in [0.25, 0.3) is 10.9 Å². The van der Waals surface area contributed by atoms with E-state index in [-0.39, 0.29) is 36.7 Å². The molecule has 4 rings (SSSR count). The van der Waals surface area contributed by atoms with Gasteiger partial charge in [0, 0.05) is 37.3 Å². The van der Waals surface area contributed by atoms with Crippen LogP contribution in [0, 0.1) is 0 Å². The number of hydrogen-bond acceptors (Lipinski definition) is 7. The molecule has 2 aliphatic rings. The first-order chi connectivity index (χ1) is 15.0. The van der Waals surface area contributed by atoms with Gasteiger partial charge < -0.3 is 25.4 Å². The molecule has 1 aliphatic carbocycles. The van der Waals surface area contributed by atoms with Crippen LogP contribution in [0.15, 0.2) is 24.4 Å². The van der Waals surface area contributed by atoms with Crippen molar-refractivity contribution in [3.8, 4) is 0 Å². The third kappa shape index (κ3) is 5.11. The third-order valence-corrected chi connectivity index (χ3v) is 5.98. The number of ether oxygens (including phenoxy) is 1. The van der Waals surface area contributed by atoms with Crippen molar-refractivity contribution in [3.05, 3.63) is 30.0 Å². The fourth-order valence-corrected chi connectivity index (χ4v) is 4.12. The van der Waals surface area contributed by atoms with Crippen LogP contribution in [0.5, 0.6) is 0 Å². The van der Waals surface area contributed by atoms with Crippen molar-refractivity contribution >= 4 is 28.7 Å². The van der Waals surface area contributed by atoms with Crippen molar-refractivity contribution in [2.75, 3.05) is 31.6 Å². The average molecular weight is 428 g/mol. The Balaban J connectivity index is 1.44. The number of hydrogen-bond donors (Lipinski definition) is 3. The monoisotopic (exact) mass is 427 g/mol. The zero-order valence-electron chi connectivity index (χ0n) is 17.7. The van der Waals surface area contributed by atoms with Crippen LogP contribution in [0.1, 0.15) is 43.0 Å². The number of carbonyl (C=O) groups excluding carboxylic acids is 2. The fourth-order valence-electron chi connectivity index (χ4n) is 4.12. The smallest absolute Gasteiger partial charge is 0.253 e. The minimum atomic E-state index is -0.236. The number of rotatable bonds is 6. The largest absolute Gasteiger partial charge is 0.393 e. The average Bonchev–Trinajstić information content (AvgIpc) is 2.79. The van der Waals surface area contributed by atoms with E-state index in [0.717, 1.165) is 31.1 Å². The molecule has 9 nitrogen and oxygen atoms in total. The van der Waals surface area contributed by atoms with Gasteiger partial charge in [-0.3, -0.25) is 9.59 Å². The molecule has 0 radical (unpaired) electrons. The zero-order valence-corrected chi connectivity index (χ0v) is 17.7. The van der Waals surface area contributed by atoms with Gasteiger partial charge in [-0.05, 0) is 38.7 Å². The molecule has 1 saturated carbocycles. The molecule has 2 fully saturated rings. The highest BCUT2D eigenvalue weighted by Crippen LogP contribution is 2.23. The number of aromatic nitrogens is 2. The molecular formula is C22H29N5O4. The van der Waals surface area contributed by atoms with Crippen LogP contribution in [-0.4, -0.2) is 76.3 Å². The van der Waals surface area contributed by atoms with Crippen LogP contribution in [0.4, 0.5) is 5.95 Å². The normalized spacial score (nSPS) is 24.3. The van der Waals surface area contributed by atoms with Gasteiger partial charge >= 0.3 is 0 Å². The lowest BCUT2D eigenvalue weighted by Crippen LogP contribution is -2.50. The first-order valence-corrected chi connectivity index (χ1v) is 10.9. The maximum absolute atomic E-state index is 12.9. The Hall–Kier alpha value is -2.78. The van der Waals surface area contributed by atoms with Crippen molar-refractivity contribution in [1.82, 2.24) is 20.2 Å². The highest BCUT2D eigenvalue weighted by Gasteiger charge is 2.26. The summed E-state index contributed by atoms with van der Waals surface area (Å²) in [5, 5.41) is 16.7.